The number of rotatable bonds is 6. The van der Waals surface area contributed by atoms with Gasteiger partial charge in [0.05, 0.1) is 25.5 Å². The molecular formula is C29H28N4O3. The largest absolute Gasteiger partial charge is 0.497 e. The standard InChI is InChI=1S/C29H28N4O3/c1-18-8-13-25-23(14-18)27-28(33(25)16-26(34)31-24-7-5-6-19(2)20(24)3)29(35)32(17-30-27)15-21-9-11-22(36-4)12-10-21/h5-14,17H,15-16H2,1-4H3,(H,31,34). The number of carbonyl (C=O) groups excluding carboxylic acids is 1. The molecule has 0 saturated carbocycles. The summed E-state index contributed by atoms with van der Waals surface area (Å²) in [7, 11) is 1.62. The molecular weight excluding hydrogens is 452 g/mol. The van der Waals surface area contributed by atoms with Crippen LogP contribution in [0.25, 0.3) is 21.9 Å². The summed E-state index contributed by atoms with van der Waals surface area (Å²) in [4.78, 5) is 31.6. The van der Waals surface area contributed by atoms with Crippen LogP contribution in [0.4, 0.5) is 5.69 Å². The number of aromatic nitrogens is 3. The van der Waals surface area contributed by atoms with Crippen LogP contribution in [-0.4, -0.2) is 27.1 Å². The molecule has 0 radical (unpaired) electrons. The minimum Gasteiger partial charge on any atom is -0.497 e. The number of methoxy groups -OCH3 is 1. The fourth-order valence-corrected chi connectivity index (χ4v) is 4.54. The van der Waals surface area contributed by atoms with E-state index >= 15 is 0 Å². The van der Waals surface area contributed by atoms with E-state index in [1.807, 2.05) is 81.4 Å². The van der Waals surface area contributed by atoms with Gasteiger partial charge in [-0.15, -0.1) is 0 Å². The third-order valence-electron chi connectivity index (χ3n) is 6.67. The van der Waals surface area contributed by atoms with Crippen molar-refractivity contribution in [3.05, 3.63) is 99.6 Å². The predicted octanol–water partition coefficient (Wildman–Crippen LogP) is 4.97. The molecule has 0 bridgehead atoms. The zero-order chi connectivity index (χ0) is 25.4. The summed E-state index contributed by atoms with van der Waals surface area (Å²) >= 11 is 0. The average Bonchev–Trinajstić information content (AvgIpc) is 3.17. The van der Waals surface area contributed by atoms with Gasteiger partial charge in [-0.05, 0) is 67.8 Å². The van der Waals surface area contributed by atoms with E-state index in [0.29, 0.717) is 17.6 Å². The number of fused-ring (bicyclic) bond motifs is 3. The smallest absolute Gasteiger partial charge is 0.278 e. The van der Waals surface area contributed by atoms with Crippen molar-refractivity contribution in [2.75, 3.05) is 12.4 Å². The summed E-state index contributed by atoms with van der Waals surface area (Å²) in [5.74, 6) is 0.554. The van der Waals surface area contributed by atoms with Crippen molar-refractivity contribution in [1.29, 1.82) is 0 Å². The zero-order valence-electron chi connectivity index (χ0n) is 20.8. The van der Waals surface area contributed by atoms with E-state index in [9.17, 15) is 9.59 Å². The molecule has 3 aromatic carbocycles. The molecule has 0 fully saturated rings. The molecule has 182 valence electrons. The number of nitrogens with one attached hydrogen (secondary N) is 1. The van der Waals surface area contributed by atoms with Gasteiger partial charge >= 0.3 is 0 Å². The highest BCUT2D eigenvalue weighted by molar-refractivity contribution is 6.06. The first kappa shape index (κ1) is 23.4. The molecule has 0 atom stereocenters. The van der Waals surface area contributed by atoms with Gasteiger partial charge in [0, 0.05) is 11.1 Å². The summed E-state index contributed by atoms with van der Waals surface area (Å²) in [5, 5.41) is 3.87. The molecule has 0 aliphatic carbocycles. The van der Waals surface area contributed by atoms with Crippen LogP contribution >= 0.6 is 0 Å². The Labute approximate surface area is 209 Å². The van der Waals surface area contributed by atoms with E-state index in [2.05, 4.69) is 10.3 Å². The number of hydrogen-bond donors (Lipinski definition) is 1. The summed E-state index contributed by atoms with van der Waals surface area (Å²) in [6.07, 6.45) is 1.58. The van der Waals surface area contributed by atoms with Gasteiger partial charge in [0.2, 0.25) is 5.91 Å². The quantitative estimate of drug-likeness (QED) is 0.372. The fraction of sp³-hybridized carbons (Fsp3) is 0.207. The van der Waals surface area contributed by atoms with Crippen LogP contribution in [-0.2, 0) is 17.9 Å². The first-order valence-electron chi connectivity index (χ1n) is 11.8. The second-order valence-corrected chi connectivity index (χ2v) is 9.13. The normalized spacial score (nSPS) is 11.2. The second-order valence-electron chi connectivity index (χ2n) is 9.13. The molecule has 2 heterocycles. The van der Waals surface area contributed by atoms with Gasteiger partial charge in [-0.1, -0.05) is 35.9 Å². The molecule has 2 aromatic heterocycles. The van der Waals surface area contributed by atoms with E-state index in [0.717, 1.165) is 44.6 Å². The van der Waals surface area contributed by atoms with Crippen molar-refractivity contribution in [2.24, 2.45) is 0 Å². The topological polar surface area (TPSA) is 78.2 Å². The lowest BCUT2D eigenvalue weighted by molar-refractivity contribution is -0.116. The molecule has 36 heavy (non-hydrogen) atoms. The maximum atomic E-state index is 13.7. The Morgan fingerprint density at radius 1 is 1.03 bits per heavy atom. The summed E-state index contributed by atoms with van der Waals surface area (Å²) in [5.41, 5.74) is 6.54. The Morgan fingerprint density at radius 3 is 2.56 bits per heavy atom. The highest BCUT2D eigenvalue weighted by Crippen LogP contribution is 2.27. The lowest BCUT2D eigenvalue weighted by Crippen LogP contribution is -2.25. The average molecular weight is 481 g/mol. The van der Waals surface area contributed by atoms with Crippen LogP contribution in [0.5, 0.6) is 5.75 Å². The monoisotopic (exact) mass is 480 g/mol. The van der Waals surface area contributed by atoms with Gasteiger partial charge < -0.3 is 14.6 Å². The molecule has 0 aliphatic rings. The van der Waals surface area contributed by atoms with Gasteiger partial charge in [-0.3, -0.25) is 14.2 Å². The van der Waals surface area contributed by atoms with E-state index < -0.39 is 0 Å². The van der Waals surface area contributed by atoms with Crippen LogP contribution < -0.4 is 15.6 Å². The predicted molar refractivity (Wildman–Crippen MR) is 143 cm³/mol. The van der Waals surface area contributed by atoms with E-state index in [1.54, 1.807) is 22.6 Å². The van der Waals surface area contributed by atoms with Gasteiger partial charge in [0.15, 0.2) is 0 Å². The summed E-state index contributed by atoms with van der Waals surface area (Å²) in [6.45, 7) is 6.36. The van der Waals surface area contributed by atoms with Gasteiger partial charge in [0.25, 0.3) is 5.56 Å². The van der Waals surface area contributed by atoms with Crippen LogP contribution in [0.3, 0.4) is 0 Å². The lowest BCUT2D eigenvalue weighted by atomic mass is 10.1. The Hall–Kier alpha value is -4.39. The third-order valence-corrected chi connectivity index (χ3v) is 6.67. The number of nitrogens with zero attached hydrogens (tertiary/aromatic N) is 3. The van der Waals surface area contributed by atoms with Crippen LogP contribution in [0.2, 0.25) is 0 Å². The maximum absolute atomic E-state index is 13.7. The minimum atomic E-state index is -0.201. The molecule has 0 unspecified atom stereocenters. The third kappa shape index (κ3) is 4.24. The Bertz CT molecular complexity index is 1660. The number of amides is 1. The van der Waals surface area contributed by atoms with Crippen molar-refractivity contribution in [2.45, 2.75) is 33.9 Å². The van der Waals surface area contributed by atoms with Gasteiger partial charge in [0.1, 0.15) is 23.3 Å². The molecule has 1 N–H and O–H groups in total. The van der Waals surface area contributed by atoms with E-state index in [1.165, 1.54) is 0 Å². The molecule has 5 aromatic rings. The van der Waals surface area contributed by atoms with Gasteiger partial charge in [-0.2, -0.15) is 0 Å². The van der Waals surface area contributed by atoms with Crippen molar-refractivity contribution < 1.29 is 9.53 Å². The van der Waals surface area contributed by atoms with Crippen LogP contribution in [0.15, 0.2) is 71.8 Å². The van der Waals surface area contributed by atoms with Gasteiger partial charge in [-0.25, -0.2) is 4.98 Å². The Morgan fingerprint density at radius 2 is 1.81 bits per heavy atom. The molecule has 1 amide bonds. The Balaban J connectivity index is 1.58. The number of ether oxygens (including phenoxy) is 1. The summed E-state index contributed by atoms with van der Waals surface area (Å²) < 4.78 is 8.59. The molecule has 7 heteroatoms. The number of hydrogen-bond acceptors (Lipinski definition) is 4. The fourth-order valence-electron chi connectivity index (χ4n) is 4.54. The molecule has 5 rings (SSSR count). The number of benzene rings is 3. The van der Waals surface area contributed by atoms with Crippen molar-refractivity contribution in [3.8, 4) is 5.75 Å². The van der Waals surface area contributed by atoms with Crippen molar-refractivity contribution >= 4 is 33.5 Å². The zero-order valence-corrected chi connectivity index (χ0v) is 20.8. The Kier molecular flexibility index (Phi) is 6.06. The highest BCUT2D eigenvalue weighted by Gasteiger charge is 2.19. The highest BCUT2D eigenvalue weighted by atomic mass is 16.5. The molecule has 0 spiro atoms. The van der Waals surface area contributed by atoms with E-state index in [4.69, 9.17) is 4.74 Å². The SMILES string of the molecule is COc1ccc(Cn2cnc3c4cc(C)ccc4n(CC(=O)Nc4cccc(C)c4C)c3c2=O)cc1. The molecule has 0 saturated heterocycles. The number of aryl methyl sites for hydroxylation is 2. The lowest BCUT2D eigenvalue weighted by Gasteiger charge is -2.12. The van der Waals surface area contributed by atoms with Crippen molar-refractivity contribution in [1.82, 2.24) is 14.1 Å². The number of carbonyl (C=O) groups is 1. The van der Waals surface area contributed by atoms with Crippen LogP contribution in [0.1, 0.15) is 22.3 Å². The first-order valence-corrected chi connectivity index (χ1v) is 11.8. The van der Waals surface area contributed by atoms with E-state index in [-0.39, 0.29) is 18.0 Å². The maximum Gasteiger partial charge on any atom is 0.278 e. The minimum absolute atomic E-state index is 0.0000873. The number of anilines is 1. The summed E-state index contributed by atoms with van der Waals surface area (Å²) in [6, 6.07) is 19.3. The first-order chi connectivity index (χ1) is 17.4. The second kappa shape index (κ2) is 9.34. The molecule has 0 aliphatic heterocycles. The van der Waals surface area contributed by atoms with Crippen LogP contribution in [0, 0.1) is 20.8 Å². The van der Waals surface area contributed by atoms with Crippen molar-refractivity contribution in [3.63, 3.8) is 0 Å². The molecule has 7 nitrogen and oxygen atoms in total.